The predicted octanol–water partition coefficient (Wildman–Crippen LogP) is 4.99. The van der Waals surface area contributed by atoms with Crippen molar-refractivity contribution in [3.8, 4) is 0 Å². The van der Waals surface area contributed by atoms with E-state index in [1.54, 1.807) is 0 Å². The number of aryl methyl sites for hydroxylation is 2. The van der Waals surface area contributed by atoms with Gasteiger partial charge in [0.15, 0.2) is 5.96 Å². The third-order valence-corrected chi connectivity index (χ3v) is 6.91. The van der Waals surface area contributed by atoms with Crippen molar-refractivity contribution in [3.63, 3.8) is 0 Å². The van der Waals surface area contributed by atoms with Crippen molar-refractivity contribution >= 4 is 29.9 Å². The van der Waals surface area contributed by atoms with Crippen molar-refractivity contribution < 1.29 is 4.42 Å². The van der Waals surface area contributed by atoms with Crippen LogP contribution in [0, 0.1) is 25.2 Å². The number of likely N-dealkylation sites (tertiary alicyclic amines) is 2. The fraction of sp³-hybridized carbons (Fsp3) is 0.833. The van der Waals surface area contributed by atoms with Gasteiger partial charge in [-0.2, -0.15) is 0 Å². The maximum atomic E-state index is 5.76. The van der Waals surface area contributed by atoms with Gasteiger partial charge in [0.2, 0.25) is 5.89 Å². The maximum Gasteiger partial charge on any atom is 0.208 e. The molecule has 31 heavy (non-hydrogen) atoms. The second kappa shape index (κ2) is 12.4. The zero-order chi connectivity index (χ0) is 21.6. The Morgan fingerprint density at radius 1 is 1.23 bits per heavy atom. The second-order valence-electron chi connectivity index (χ2n) is 9.75. The molecule has 3 heterocycles. The standard InChI is InChI=1S/C24H43N5O.HI/c1-6-11-24(5)12-8-13-29(18-24)23(25-7-2)26-16-21-9-14-28(15-10-21)17-22-27-19(3)20(4)30-22;/h21H,6-18H2,1-5H3,(H,25,26);1H. The summed E-state index contributed by atoms with van der Waals surface area (Å²) in [6.45, 7) is 18.1. The molecular formula is C24H44IN5O. The molecule has 1 aromatic rings. The van der Waals surface area contributed by atoms with Crippen LogP contribution in [-0.2, 0) is 6.54 Å². The van der Waals surface area contributed by atoms with Crippen molar-refractivity contribution in [3.05, 3.63) is 17.3 Å². The van der Waals surface area contributed by atoms with Gasteiger partial charge in [-0.1, -0.05) is 20.3 Å². The Labute approximate surface area is 206 Å². The Morgan fingerprint density at radius 3 is 2.58 bits per heavy atom. The quantitative estimate of drug-likeness (QED) is 0.297. The molecule has 2 saturated heterocycles. The Bertz CT molecular complexity index is 675. The maximum absolute atomic E-state index is 5.76. The number of oxazole rings is 1. The summed E-state index contributed by atoms with van der Waals surface area (Å²) in [6, 6.07) is 0. The van der Waals surface area contributed by atoms with Crippen molar-refractivity contribution in [2.24, 2.45) is 16.3 Å². The van der Waals surface area contributed by atoms with Gasteiger partial charge in [0.05, 0.1) is 12.2 Å². The lowest BCUT2D eigenvalue weighted by atomic mass is 9.78. The molecule has 0 aliphatic carbocycles. The number of nitrogens with zero attached hydrogens (tertiary/aromatic N) is 4. The summed E-state index contributed by atoms with van der Waals surface area (Å²) in [5.41, 5.74) is 1.45. The zero-order valence-electron chi connectivity index (χ0n) is 20.4. The minimum absolute atomic E-state index is 0. The third kappa shape index (κ3) is 7.62. The number of piperidine rings is 2. The lowest BCUT2D eigenvalue weighted by molar-refractivity contribution is 0.141. The fourth-order valence-electron chi connectivity index (χ4n) is 5.07. The van der Waals surface area contributed by atoms with Gasteiger partial charge in [0.25, 0.3) is 0 Å². The van der Waals surface area contributed by atoms with Crippen LogP contribution in [0.1, 0.15) is 76.6 Å². The number of nitrogens with one attached hydrogen (secondary N) is 1. The van der Waals surface area contributed by atoms with Crippen LogP contribution < -0.4 is 5.32 Å². The monoisotopic (exact) mass is 545 g/mol. The van der Waals surface area contributed by atoms with Gasteiger partial charge in [0.1, 0.15) is 5.76 Å². The summed E-state index contributed by atoms with van der Waals surface area (Å²) in [4.78, 5) is 14.6. The molecule has 1 atom stereocenters. The summed E-state index contributed by atoms with van der Waals surface area (Å²) in [5, 5.41) is 3.57. The number of aliphatic imine (C=N–C) groups is 1. The highest BCUT2D eigenvalue weighted by atomic mass is 127. The Balaban J connectivity index is 0.00000341. The molecule has 7 heteroatoms. The number of hydrogen-bond donors (Lipinski definition) is 1. The van der Waals surface area contributed by atoms with E-state index in [-0.39, 0.29) is 24.0 Å². The van der Waals surface area contributed by atoms with Crippen LogP contribution in [0.25, 0.3) is 0 Å². The van der Waals surface area contributed by atoms with Gasteiger partial charge in [-0.05, 0) is 77.3 Å². The molecule has 0 aromatic carbocycles. The SMILES string of the molecule is CCCC1(C)CCCN(C(=NCC2CCN(Cc3nc(C)c(C)o3)CC2)NCC)C1.I. The van der Waals surface area contributed by atoms with Crippen molar-refractivity contribution in [2.45, 2.75) is 79.7 Å². The highest BCUT2D eigenvalue weighted by Gasteiger charge is 2.31. The molecular weight excluding hydrogens is 501 g/mol. The van der Waals surface area contributed by atoms with Crippen LogP contribution in [0.3, 0.4) is 0 Å². The van der Waals surface area contributed by atoms with E-state index in [1.807, 2.05) is 13.8 Å². The van der Waals surface area contributed by atoms with E-state index in [9.17, 15) is 0 Å². The van der Waals surface area contributed by atoms with Crippen molar-refractivity contribution in [1.29, 1.82) is 0 Å². The molecule has 0 spiro atoms. The van der Waals surface area contributed by atoms with Crippen LogP contribution in [0.5, 0.6) is 0 Å². The van der Waals surface area contributed by atoms with E-state index in [0.29, 0.717) is 11.3 Å². The van der Waals surface area contributed by atoms with E-state index >= 15 is 0 Å². The third-order valence-electron chi connectivity index (χ3n) is 6.91. The topological polar surface area (TPSA) is 56.9 Å². The Hall–Kier alpha value is -0.830. The van der Waals surface area contributed by atoms with Crippen LogP contribution >= 0.6 is 24.0 Å². The summed E-state index contributed by atoms with van der Waals surface area (Å²) in [5.74, 6) is 3.61. The summed E-state index contributed by atoms with van der Waals surface area (Å²) in [7, 11) is 0. The number of hydrogen-bond acceptors (Lipinski definition) is 4. The normalized spacial score (nSPS) is 23.6. The molecule has 1 aromatic heterocycles. The van der Waals surface area contributed by atoms with Crippen molar-refractivity contribution in [2.75, 3.05) is 39.3 Å². The molecule has 2 fully saturated rings. The number of aromatic nitrogens is 1. The highest BCUT2D eigenvalue weighted by Crippen LogP contribution is 2.34. The molecule has 1 N–H and O–H groups in total. The molecule has 2 aliphatic heterocycles. The smallest absolute Gasteiger partial charge is 0.208 e. The molecule has 2 aliphatic rings. The van der Waals surface area contributed by atoms with Crippen LogP contribution in [0.4, 0.5) is 0 Å². The number of halogens is 1. The minimum atomic E-state index is 0. The van der Waals surface area contributed by atoms with Gasteiger partial charge >= 0.3 is 0 Å². The molecule has 0 bridgehead atoms. The van der Waals surface area contributed by atoms with E-state index in [1.165, 1.54) is 38.5 Å². The average molecular weight is 546 g/mol. The Morgan fingerprint density at radius 2 is 1.97 bits per heavy atom. The van der Waals surface area contributed by atoms with Crippen LogP contribution in [0.2, 0.25) is 0 Å². The van der Waals surface area contributed by atoms with Gasteiger partial charge in [-0.15, -0.1) is 24.0 Å². The average Bonchev–Trinajstić information content (AvgIpc) is 3.03. The van der Waals surface area contributed by atoms with Crippen molar-refractivity contribution in [1.82, 2.24) is 20.1 Å². The summed E-state index contributed by atoms with van der Waals surface area (Å²) >= 11 is 0. The largest absolute Gasteiger partial charge is 0.444 e. The molecule has 1 unspecified atom stereocenters. The molecule has 0 radical (unpaired) electrons. The van der Waals surface area contributed by atoms with E-state index in [0.717, 1.165) is 69.1 Å². The molecule has 0 amide bonds. The van der Waals surface area contributed by atoms with Crippen LogP contribution in [-0.4, -0.2) is 60.0 Å². The van der Waals surface area contributed by atoms with Gasteiger partial charge < -0.3 is 14.6 Å². The highest BCUT2D eigenvalue weighted by molar-refractivity contribution is 14.0. The minimum Gasteiger partial charge on any atom is -0.444 e. The lowest BCUT2D eigenvalue weighted by Crippen LogP contribution is -2.50. The zero-order valence-corrected chi connectivity index (χ0v) is 22.7. The first kappa shape index (κ1) is 26.4. The van der Waals surface area contributed by atoms with E-state index in [4.69, 9.17) is 9.41 Å². The molecule has 6 nitrogen and oxygen atoms in total. The first-order chi connectivity index (χ1) is 14.4. The first-order valence-electron chi connectivity index (χ1n) is 12.1. The summed E-state index contributed by atoms with van der Waals surface area (Å²) < 4.78 is 5.76. The first-order valence-corrected chi connectivity index (χ1v) is 12.1. The predicted molar refractivity (Wildman–Crippen MR) is 139 cm³/mol. The summed E-state index contributed by atoms with van der Waals surface area (Å²) in [6.07, 6.45) is 7.61. The second-order valence-corrected chi connectivity index (χ2v) is 9.75. The van der Waals surface area contributed by atoms with E-state index < -0.39 is 0 Å². The molecule has 3 rings (SSSR count). The van der Waals surface area contributed by atoms with Gasteiger partial charge in [-0.25, -0.2) is 4.98 Å². The number of rotatable bonds is 7. The fourth-order valence-corrected chi connectivity index (χ4v) is 5.07. The number of guanidine groups is 1. The molecule has 0 saturated carbocycles. The van der Waals surface area contributed by atoms with Crippen LogP contribution in [0.15, 0.2) is 9.41 Å². The Kier molecular flexibility index (Phi) is 10.6. The van der Waals surface area contributed by atoms with E-state index in [2.05, 4.69) is 40.9 Å². The van der Waals surface area contributed by atoms with Gasteiger partial charge in [0, 0.05) is 26.2 Å². The van der Waals surface area contributed by atoms with Gasteiger partial charge in [-0.3, -0.25) is 9.89 Å². The molecule has 178 valence electrons. The lowest BCUT2D eigenvalue weighted by Gasteiger charge is -2.42.